The second-order valence-corrected chi connectivity index (χ2v) is 6.49. The van der Waals surface area contributed by atoms with Crippen molar-refractivity contribution in [1.82, 2.24) is 14.9 Å². The Bertz CT molecular complexity index is 776. The van der Waals surface area contributed by atoms with Crippen molar-refractivity contribution >= 4 is 22.5 Å². The fourth-order valence-corrected chi connectivity index (χ4v) is 3.46. The molecule has 0 radical (unpaired) electrons. The molecule has 122 valence electrons. The van der Waals surface area contributed by atoms with Crippen LogP contribution in [-0.4, -0.2) is 47.0 Å². The van der Waals surface area contributed by atoms with E-state index in [4.69, 9.17) is 21.1 Å². The van der Waals surface area contributed by atoms with E-state index in [1.165, 1.54) is 0 Å². The molecule has 0 amide bonds. The molecule has 0 unspecified atom stereocenters. The van der Waals surface area contributed by atoms with Crippen LogP contribution in [0.2, 0.25) is 5.02 Å². The molecule has 23 heavy (non-hydrogen) atoms. The summed E-state index contributed by atoms with van der Waals surface area (Å²) in [5.41, 5.74) is 0.521. The first-order valence-electron chi connectivity index (χ1n) is 7.82. The molecule has 0 aliphatic carbocycles. The van der Waals surface area contributed by atoms with Gasteiger partial charge < -0.3 is 14.5 Å². The summed E-state index contributed by atoms with van der Waals surface area (Å²) in [7, 11) is 0. The van der Waals surface area contributed by atoms with E-state index in [2.05, 4.69) is 14.9 Å². The van der Waals surface area contributed by atoms with Gasteiger partial charge in [0.05, 0.1) is 30.7 Å². The minimum atomic E-state index is -0.378. The van der Waals surface area contributed by atoms with E-state index in [0.717, 1.165) is 25.9 Å². The maximum Gasteiger partial charge on any atom is 0.258 e. The number of likely N-dealkylation sites (tertiary alicyclic amines) is 1. The Kier molecular flexibility index (Phi) is 3.85. The zero-order valence-electron chi connectivity index (χ0n) is 12.7. The molecule has 2 fully saturated rings. The first-order valence-corrected chi connectivity index (χ1v) is 8.20. The Morgan fingerprint density at radius 3 is 2.74 bits per heavy atom. The van der Waals surface area contributed by atoms with E-state index < -0.39 is 0 Å². The molecule has 2 saturated heterocycles. The lowest BCUT2D eigenvalue weighted by atomic mass is 10.0. The minimum Gasteiger partial charge on any atom is -0.347 e. The Morgan fingerprint density at radius 2 is 2.00 bits per heavy atom. The molecule has 4 rings (SSSR count). The van der Waals surface area contributed by atoms with Crippen molar-refractivity contribution in [2.24, 2.45) is 0 Å². The predicted octanol–water partition coefficient (Wildman–Crippen LogP) is 1.92. The topological polar surface area (TPSA) is 67.5 Å². The number of fused-ring (bicyclic) bond motifs is 1. The van der Waals surface area contributed by atoms with Crippen LogP contribution in [0.25, 0.3) is 10.9 Å². The number of hydrogen-bond donors (Lipinski definition) is 1. The number of halogens is 1. The lowest BCUT2D eigenvalue weighted by molar-refractivity contribution is -0.185. The highest BCUT2D eigenvalue weighted by Gasteiger charge is 2.39. The SMILES string of the molecule is O=c1[nH]c(CN2CCC3(CC2)OCCO3)nc2ccc(Cl)cc12. The summed E-state index contributed by atoms with van der Waals surface area (Å²) in [6, 6.07) is 5.17. The highest BCUT2D eigenvalue weighted by molar-refractivity contribution is 6.31. The number of nitrogens with zero attached hydrogens (tertiary/aromatic N) is 2. The van der Waals surface area contributed by atoms with Crippen LogP contribution >= 0.6 is 11.6 Å². The van der Waals surface area contributed by atoms with Crippen LogP contribution in [0.15, 0.2) is 23.0 Å². The number of aromatic nitrogens is 2. The molecule has 0 atom stereocenters. The first kappa shape index (κ1) is 15.1. The van der Waals surface area contributed by atoms with Gasteiger partial charge in [-0.15, -0.1) is 0 Å². The number of rotatable bonds is 2. The summed E-state index contributed by atoms with van der Waals surface area (Å²) in [5.74, 6) is 0.298. The van der Waals surface area contributed by atoms with Crippen molar-refractivity contribution in [3.63, 3.8) is 0 Å². The number of H-pyrrole nitrogens is 1. The van der Waals surface area contributed by atoms with Gasteiger partial charge in [-0.2, -0.15) is 0 Å². The Hall–Kier alpha value is -1.47. The summed E-state index contributed by atoms with van der Waals surface area (Å²) in [4.78, 5) is 21.8. The van der Waals surface area contributed by atoms with Crippen LogP contribution in [0.4, 0.5) is 0 Å². The van der Waals surface area contributed by atoms with Crippen molar-refractivity contribution < 1.29 is 9.47 Å². The summed E-state index contributed by atoms with van der Waals surface area (Å²) in [6.45, 7) is 3.71. The van der Waals surface area contributed by atoms with E-state index in [1.807, 2.05) is 0 Å². The number of aromatic amines is 1. The molecule has 1 aromatic heterocycles. The Morgan fingerprint density at radius 1 is 1.26 bits per heavy atom. The van der Waals surface area contributed by atoms with Gasteiger partial charge in [0.25, 0.3) is 5.56 Å². The number of hydrogen-bond acceptors (Lipinski definition) is 5. The standard InChI is InChI=1S/C16H18ClN3O3/c17-11-1-2-13-12(9-11)15(21)19-14(18-13)10-20-5-3-16(4-6-20)22-7-8-23-16/h1-2,9H,3-8,10H2,(H,18,19,21). The van der Waals surface area contributed by atoms with Crippen LogP contribution < -0.4 is 5.56 Å². The van der Waals surface area contributed by atoms with Gasteiger partial charge in [-0.3, -0.25) is 9.69 Å². The van der Waals surface area contributed by atoms with Gasteiger partial charge in [-0.25, -0.2) is 4.98 Å². The Balaban J connectivity index is 1.50. The fraction of sp³-hybridized carbons (Fsp3) is 0.500. The van der Waals surface area contributed by atoms with Gasteiger partial charge in [0.2, 0.25) is 0 Å². The van der Waals surface area contributed by atoms with Gasteiger partial charge in [0, 0.05) is 31.0 Å². The van der Waals surface area contributed by atoms with E-state index in [1.54, 1.807) is 18.2 Å². The first-order chi connectivity index (χ1) is 11.1. The molecule has 3 heterocycles. The van der Waals surface area contributed by atoms with Gasteiger partial charge in [0.1, 0.15) is 5.82 Å². The van der Waals surface area contributed by atoms with Gasteiger partial charge in [-0.1, -0.05) is 11.6 Å². The molecule has 1 N–H and O–H groups in total. The molecule has 7 heteroatoms. The summed E-state index contributed by atoms with van der Waals surface area (Å²) in [5, 5.41) is 1.06. The molecule has 0 saturated carbocycles. The zero-order chi connectivity index (χ0) is 15.9. The Labute approximate surface area is 138 Å². The number of piperidine rings is 1. The van der Waals surface area contributed by atoms with Crippen LogP contribution in [0.1, 0.15) is 18.7 Å². The van der Waals surface area contributed by atoms with Crippen molar-refractivity contribution in [3.05, 3.63) is 39.4 Å². The summed E-state index contributed by atoms with van der Waals surface area (Å²) < 4.78 is 11.5. The normalized spacial score (nSPS) is 21.3. The zero-order valence-corrected chi connectivity index (χ0v) is 13.4. The third-order valence-electron chi connectivity index (χ3n) is 4.52. The molecule has 2 aromatic rings. The average molecular weight is 336 g/mol. The highest BCUT2D eigenvalue weighted by atomic mass is 35.5. The fourth-order valence-electron chi connectivity index (χ4n) is 3.28. The van der Waals surface area contributed by atoms with Crippen molar-refractivity contribution in [3.8, 4) is 0 Å². The smallest absolute Gasteiger partial charge is 0.258 e. The van der Waals surface area contributed by atoms with Gasteiger partial charge in [0.15, 0.2) is 5.79 Å². The molecular formula is C16H18ClN3O3. The number of benzene rings is 1. The third kappa shape index (κ3) is 2.99. The third-order valence-corrected chi connectivity index (χ3v) is 4.76. The molecule has 0 bridgehead atoms. The van der Waals surface area contributed by atoms with Crippen LogP contribution in [0.3, 0.4) is 0 Å². The largest absolute Gasteiger partial charge is 0.347 e. The second kappa shape index (κ2) is 5.87. The van der Waals surface area contributed by atoms with E-state index >= 15 is 0 Å². The number of ether oxygens (including phenoxy) is 2. The quantitative estimate of drug-likeness (QED) is 0.908. The number of nitrogens with one attached hydrogen (secondary N) is 1. The second-order valence-electron chi connectivity index (χ2n) is 6.06. The lowest BCUT2D eigenvalue weighted by Crippen LogP contribution is -2.45. The van der Waals surface area contributed by atoms with Gasteiger partial charge in [-0.05, 0) is 18.2 Å². The van der Waals surface area contributed by atoms with Crippen molar-refractivity contribution in [1.29, 1.82) is 0 Å². The lowest BCUT2D eigenvalue weighted by Gasteiger charge is -2.37. The van der Waals surface area contributed by atoms with E-state index in [-0.39, 0.29) is 11.3 Å². The summed E-state index contributed by atoms with van der Waals surface area (Å²) >= 11 is 5.93. The minimum absolute atomic E-state index is 0.150. The summed E-state index contributed by atoms with van der Waals surface area (Å²) in [6.07, 6.45) is 1.70. The van der Waals surface area contributed by atoms with Crippen LogP contribution in [0.5, 0.6) is 0 Å². The van der Waals surface area contributed by atoms with E-state index in [9.17, 15) is 4.79 Å². The molecule has 6 nitrogen and oxygen atoms in total. The maximum atomic E-state index is 12.2. The average Bonchev–Trinajstić information content (AvgIpc) is 2.99. The predicted molar refractivity (Wildman–Crippen MR) is 86.5 cm³/mol. The van der Waals surface area contributed by atoms with Crippen molar-refractivity contribution in [2.75, 3.05) is 26.3 Å². The molecule has 1 spiro atoms. The molecular weight excluding hydrogens is 318 g/mol. The van der Waals surface area contributed by atoms with Crippen molar-refractivity contribution in [2.45, 2.75) is 25.2 Å². The molecule has 2 aliphatic rings. The molecule has 2 aliphatic heterocycles. The van der Waals surface area contributed by atoms with E-state index in [0.29, 0.717) is 41.5 Å². The molecule has 1 aromatic carbocycles. The van der Waals surface area contributed by atoms with Crippen LogP contribution in [0, 0.1) is 0 Å². The van der Waals surface area contributed by atoms with Gasteiger partial charge >= 0.3 is 0 Å². The maximum absolute atomic E-state index is 12.2. The highest BCUT2D eigenvalue weighted by Crippen LogP contribution is 2.31. The van der Waals surface area contributed by atoms with Crippen LogP contribution in [-0.2, 0) is 16.0 Å². The monoisotopic (exact) mass is 335 g/mol.